The number of nitrogens with one attached hydrogen (secondary N) is 12. The summed E-state index contributed by atoms with van der Waals surface area (Å²) in [4.78, 5) is 212. The second-order valence-electron chi connectivity index (χ2n) is 30.8. The Morgan fingerprint density at radius 3 is 1.44 bits per heavy atom. The van der Waals surface area contributed by atoms with E-state index in [1.165, 1.54) is 37.8 Å². The Labute approximate surface area is 743 Å². The third-order valence-electron chi connectivity index (χ3n) is 20.3. The lowest BCUT2D eigenvalue weighted by Gasteiger charge is -2.28. The van der Waals surface area contributed by atoms with Crippen molar-refractivity contribution >= 4 is 116 Å². The highest BCUT2D eigenvalue weighted by atomic mass is 32.3. The highest BCUT2D eigenvalue weighted by molar-refractivity contribution is 7.81. The second-order valence-corrected chi connectivity index (χ2v) is 31.8. The molecule has 1 heterocycles. The van der Waals surface area contributed by atoms with Crippen LogP contribution in [0.5, 0.6) is 5.75 Å². The van der Waals surface area contributed by atoms with E-state index in [9.17, 15) is 105 Å². The molecule has 0 saturated heterocycles. The fourth-order valence-electron chi connectivity index (χ4n) is 13.2. The molecule has 1 aromatic heterocycles. The van der Waals surface area contributed by atoms with Gasteiger partial charge in [-0.05, 0) is 66.5 Å². The number of unbranched alkanes of at least 4 members (excludes halogenated alkanes) is 14. The number of nitrogens with two attached hydrogens (primary N) is 1. The average molecular weight is 1820 g/mol. The fourth-order valence-corrected chi connectivity index (χ4v) is 13.6. The van der Waals surface area contributed by atoms with Crippen molar-refractivity contribution < 1.29 is 133 Å². The van der Waals surface area contributed by atoms with E-state index in [0.717, 1.165) is 69.9 Å². The van der Waals surface area contributed by atoms with Crippen LogP contribution < -0.4 is 68.4 Å². The molecule has 42 heteroatoms. The number of primary amides is 1. The molecule has 0 spiro atoms. The summed E-state index contributed by atoms with van der Waals surface area (Å²) in [5, 5.41) is 66.2. The van der Waals surface area contributed by atoms with E-state index in [0.29, 0.717) is 34.9 Å². The molecule has 0 aliphatic carbocycles. The van der Waals surface area contributed by atoms with Crippen LogP contribution in [-0.2, 0) is 125 Å². The summed E-state index contributed by atoms with van der Waals surface area (Å²) in [6, 6.07) is 7.75. The van der Waals surface area contributed by atoms with Crippen LogP contribution >= 0.6 is 0 Å². The maximum Gasteiger partial charge on any atom is 0.446 e. The Morgan fingerprint density at radius 1 is 0.414 bits per heavy atom. The fraction of sp³-hybridized carbons (Fsp3) is 0.581. The van der Waals surface area contributed by atoms with Crippen LogP contribution in [0.1, 0.15) is 192 Å². The van der Waals surface area contributed by atoms with E-state index >= 15 is 0 Å². The lowest BCUT2D eigenvalue weighted by atomic mass is 9.96. The van der Waals surface area contributed by atoms with Gasteiger partial charge in [-0.1, -0.05) is 178 Å². The number of carboxylic acid groups (broad SMARTS) is 4. The third kappa shape index (κ3) is 47.2. The maximum atomic E-state index is 14.6. The van der Waals surface area contributed by atoms with Crippen LogP contribution in [0.3, 0.4) is 0 Å². The first-order chi connectivity index (χ1) is 61.1. The molecule has 12 amide bonds. The molecule has 0 aliphatic rings. The van der Waals surface area contributed by atoms with Gasteiger partial charge in [0.2, 0.25) is 70.9 Å². The molecule has 0 bridgehead atoms. The SMILES string of the molecule is CCCC[C@H](NC(=O)[C@H](Cc1ccc(OS(=O)(=O)O)cc1)NC(=O)[C@H](CC(=O)O)NC(=O)COCCOCCNC(=O)COCCOCCNC(=O)CC[C@H](NC(=O)CCCCCCCCCCCCCCCCC(=O)O)C(=O)O)C(=O)NCC(=O)N[C@@H](Cc1c[nH]c2ccccc12)C(=O)N[C@H](C(=O)N[C@@H](CC(=O)O)C(=O)N[C@@H](Cc1ccccc1)C(N)=O)[C@@H](C)CC. The Balaban J connectivity index is 1.25. The number of para-hydroxylation sites is 1. The summed E-state index contributed by atoms with van der Waals surface area (Å²) in [7, 11) is -4.99. The number of H-pyrrole nitrogens is 1. The number of ether oxygens (including phenoxy) is 4. The molecule has 0 fully saturated rings. The minimum Gasteiger partial charge on any atom is -0.481 e. The number of carboxylic acids is 4. The quantitative estimate of drug-likeness (QED) is 0.0223. The zero-order valence-corrected chi connectivity index (χ0v) is 73.6. The van der Waals surface area contributed by atoms with Gasteiger partial charge >= 0.3 is 34.3 Å². The number of amides is 12. The van der Waals surface area contributed by atoms with E-state index in [2.05, 4.69) is 67.7 Å². The van der Waals surface area contributed by atoms with Gasteiger partial charge in [0.1, 0.15) is 67.3 Å². The number of carbonyl (C=O) groups is 16. The molecule has 9 atom stereocenters. The van der Waals surface area contributed by atoms with Gasteiger partial charge in [0.15, 0.2) is 0 Å². The van der Waals surface area contributed by atoms with Crippen LogP contribution in [0.4, 0.5) is 0 Å². The highest BCUT2D eigenvalue weighted by Crippen LogP contribution is 2.22. The minimum absolute atomic E-state index is 0.00979. The normalized spacial score (nSPS) is 13.3. The number of aromatic nitrogens is 1. The molecule has 0 aliphatic heterocycles. The van der Waals surface area contributed by atoms with Gasteiger partial charge in [-0.2, -0.15) is 8.42 Å². The molecule has 19 N–H and O–H groups in total. The number of carbonyl (C=O) groups excluding carboxylic acids is 12. The Hall–Kier alpha value is -11.7. The number of hydrogen-bond acceptors (Lipinski definition) is 23. The van der Waals surface area contributed by atoms with Gasteiger partial charge in [0, 0.05) is 68.7 Å². The first kappa shape index (κ1) is 109. The van der Waals surface area contributed by atoms with Crippen LogP contribution in [0.15, 0.2) is 85.1 Å². The predicted molar refractivity (Wildman–Crippen MR) is 463 cm³/mol. The van der Waals surface area contributed by atoms with Crippen LogP contribution in [0.2, 0.25) is 0 Å². The number of fused-ring (bicyclic) bond motifs is 1. The van der Waals surface area contributed by atoms with Crippen molar-refractivity contribution in [3.05, 3.63) is 102 Å². The van der Waals surface area contributed by atoms with Crippen molar-refractivity contribution in [2.24, 2.45) is 11.7 Å². The molecule has 0 unspecified atom stereocenters. The zero-order chi connectivity index (χ0) is 94.2. The first-order valence-electron chi connectivity index (χ1n) is 43.2. The van der Waals surface area contributed by atoms with Gasteiger partial charge < -0.3 is 113 Å². The first-order valence-corrected chi connectivity index (χ1v) is 44.6. The Morgan fingerprint density at radius 2 is 0.883 bits per heavy atom. The monoisotopic (exact) mass is 1820 g/mol. The molecule has 128 heavy (non-hydrogen) atoms. The van der Waals surface area contributed by atoms with E-state index in [4.69, 9.17) is 29.8 Å². The summed E-state index contributed by atoms with van der Waals surface area (Å²) in [5.41, 5.74) is 7.59. The van der Waals surface area contributed by atoms with Crippen LogP contribution in [0, 0.1) is 5.92 Å². The van der Waals surface area contributed by atoms with Gasteiger partial charge in [-0.15, -0.1) is 0 Å². The van der Waals surface area contributed by atoms with Crippen LogP contribution in [-0.4, -0.2) is 254 Å². The summed E-state index contributed by atoms with van der Waals surface area (Å²) in [6.07, 6.45) is 14.3. The van der Waals surface area contributed by atoms with E-state index in [-0.39, 0.29) is 134 Å². The molecule has 0 radical (unpaired) electrons. The number of hydrogen-bond donors (Lipinski definition) is 18. The lowest BCUT2D eigenvalue weighted by Crippen LogP contribution is -2.60. The van der Waals surface area contributed by atoms with E-state index in [1.807, 2.05) is 0 Å². The predicted octanol–water partition coefficient (Wildman–Crippen LogP) is 2.53. The zero-order valence-electron chi connectivity index (χ0n) is 72.8. The number of aromatic amines is 1. The average Bonchev–Trinajstić information content (AvgIpc) is 1.66. The molecule has 4 rings (SSSR count). The Kier molecular flexibility index (Phi) is 52.3. The number of rotatable bonds is 71. The summed E-state index contributed by atoms with van der Waals surface area (Å²) >= 11 is 0. The van der Waals surface area contributed by atoms with Crippen molar-refractivity contribution in [1.82, 2.24) is 63.5 Å². The smallest absolute Gasteiger partial charge is 0.446 e. The van der Waals surface area contributed by atoms with Gasteiger partial charge in [0.05, 0.1) is 59.0 Å². The molecular formula is C86H127N13O28S. The van der Waals surface area contributed by atoms with Crippen molar-refractivity contribution in [3.8, 4) is 5.75 Å². The second kappa shape index (κ2) is 61.6. The summed E-state index contributed by atoms with van der Waals surface area (Å²) < 4.78 is 58.3. The summed E-state index contributed by atoms with van der Waals surface area (Å²) in [5.74, 6) is -16.6. The van der Waals surface area contributed by atoms with Crippen molar-refractivity contribution in [2.75, 3.05) is 72.5 Å². The van der Waals surface area contributed by atoms with Crippen molar-refractivity contribution in [1.29, 1.82) is 0 Å². The molecule has 41 nitrogen and oxygen atoms in total. The minimum atomic E-state index is -4.99. The van der Waals surface area contributed by atoms with E-state index in [1.54, 1.807) is 81.6 Å². The van der Waals surface area contributed by atoms with Gasteiger partial charge in [0.25, 0.3) is 0 Å². The molecular weight excluding hydrogens is 1700 g/mol. The van der Waals surface area contributed by atoms with Crippen molar-refractivity contribution in [2.45, 2.75) is 242 Å². The third-order valence-corrected chi connectivity index (χ3v) is 20.7. The number of aliphatic carboxylic acids is 4. The molecule has 4 aromatic rings. The van der Waals surface area contributed by atoms with Gasteiger partial charge in [-0.25, -0.2) is 4.79 Å². The van der Waals surface area contributed by atoms with Crippen molar-refractivity contribution in [3.63, 3.8) is 0 Å². The topological polar surface area (TPSA) is 629 Å². The van der Waals surface area contributed by atoms with Crippen LogP contribution in [0.25, 0.3) is 10.9 Å². The molecule has 3 aromatic carbocycles. The molecule has 0 saturated carbocycles. The number of benzene rings is 3. The van der Waals surface area contributed by atoms with E-state index < -0.39 is 186 Å². The van der Waals surface area contributed by atoms with Gasteiger partial charge in [-0.3, -0.25) is 76.5 Å². The standard InChI is InChI=1S/C86H127N13O28S/c1-4-6-29-63(80(112)91-53-72(102)93-67(49-59-52-90-62-30-25-24-28-61(59)62)84(116)99-78(56(3)5-2)85(117)98-69(51-77(109)110)83(115)96-65(79(87)111)47-57-26-20-19-21-27-57)95-81(113)66(48-58-33-35-60(36-34-58)127-128(120,121)122)97-82(114)68(50-76(107)108)94-74(104)55-126-46-44-124-42-40-89-73(103)54-125-45-43-123-41-39-88-70(100)38-37-64(86(118)119)92-71(101)31-22-17-15-13-11-9-7-8-10-12-14-16-18-23-32-75(105)106/h19-21,24-28,30,33-36,52,56,63-69,78,90H,4-18,22-23,29,31-32,37-51,53-55H2,1-3H3,(H2,87,111)(H,88,100)(H,89,103)(H,91,112)(H,92,101)(H,93,102)(H,94,104)(H,95,113)(H,96,115)(H,97,114)(H,98,117)(H,99,116)(H,105,106)(H,107,108)(H,109,110)(H,118,119)(H,120,121,122)/t56-,63-,64-,65-,66-,67-,68-,69-,78-/m0/s1. The Bertz CT molecular complexity index is 4310. The maximum absolute atomic E-state index is 14.6. The lowest BCUT2D eigenvalue weighted by molar-refractivity contribution is -0.142. The summed E-state index contributed by atoms with van der Waals surface area (Å²) in [6.45, 7) is 3.16. The largest absolute Gasteiger partial charge is 0.481 e. The molecule has 710 valence electrons. The highest BCUT2D eigenvalue weighted by Gasteiger charge is 2.37.